The summed E-state index contributed by atoms with van der Waals surface area (Å²) in [5, 5.41) is 20.7. The molecule has 6 heteroatoms. The van der Waals surface area contributed by atoms with E-state index in [0.29, 0.717) is 18.7 Å². The molecule has 0 heterocycles. The number of aliphatic carboxylic acids is 1. The molecule has 1 aromatic rings. The maximum Gasteiger partial charge on any atom is 0.323 e. The fraction of sp³-hybridized carbons (Fsp3) is 0.286. The summed E-state index contributed by atoms with van der Waals surface area (Å²) in [6.07, 6.45) is 4.46. The second kappa shape index (κ2) is 7.83. The summed E-state index contributed by atoms with van der Waals surface area (Å²) in [5.74, 6) is -1.06. The summed E-state index contributed by atoms with van der Waals surface area (Å²) in [5.41, 5.74) is 0.411. The van der Waals surface area contributed by atoms with E-state index in [0.717, 1.165) is 4.90 Å². The number of anilines is 1. The maximum absolute atomic E-state index is 12.0. The Hall–Kier alpha value is -2.50. The van der Waals surface area contributed by atoms with Crippen molar-refractivity contribution >= 4 is 17.7 Å². The van der Waals surface area contributed by atoms with Crippen molar-refractivity contribution in [1.29, 1.82) is 0 Å². The van der Waals surface area contributed by atoms with Crippen LogP contribution in [-0.2, 0) is 4.79 Å². The first-order valence-corrected chi connectivity index (χ1v) is 6.22. The Kier molecular flexibility index (Phi) is 6.09. The zero-order valence-corrected chi connectivity index (χ0v) is 11.2. The number of phenolic OH excluding ortho intramolecular Hbond substituents is 1. The number of hydrogen-bond acceptors (Lipinski definition) is 3. The van der Waals surface area contributed by atoms with Crippen molar-refractivity contribution in [2.24, 2.45) is 0 Å². The summed E-state index contributed by atoms with van der Waals surface area (Å²) in [7, 11) is 0. The SMILES string of the molecule is C/C=C/CCNC(=O)N(CC(=O)O)c1ccc(O)cc1. The van der Waals surface area contributed by atoms with E-state index in [1.54, 1.807) is 0 Å². The van der Waals surface area contributed by atoms with Crippen LogP contribution in [0.5, 0.6) is 5.75 Å². The third kappa shape index (κ3) is 5.01. The minimum Gasteiger partial charge on any atom is -0.508 e. The summed E-state index contributed by atoms with van der Waals surface area (Å²) in [6.45, 7) is 1.87. The number of carbonyl (C=O) groups excluding carboxylic acids is 1. The number of carbonyl (C=O) groups is 2. The number of carboxylic acid groups (broad SMARTS) is 1. The van der Waals surface area contributed by atoms with Gasteiger partial charge in [0.15, 0.2) is 0 Å². The molecule has 2 amide bonds. The number of phenols is 1. The first kappa shape index (κ1) is 15.6. The van der Waals surface area contributed by atoms with Crippen molar-refractivity contribution in [2.45, 2.75) is 13.3 Å². The van der Waals surface area contributed by atoms with E-state index in [-0.39, 0.29) is 5.75 Å². The fourth-order valence-electron chi connectivity index (χ4n) is 1.57. The van der Waals surface area contributed by atoms with Crippen LogP contribution >= 0.6 is 0 Å². The zero-order valence-electron chi connectivity index (χ0n) is 11.2. The van der Waals surface area contributed by atoms with E-state index in [9.17, 15) is 14.7 Å². The van der Waals surface area contributed by atoms with Crippen LogP contribution in [0.4, 0.5) is 10.5 Å². The molecular weight excluding hydrogens is 260 g/mol. The number of amides is 2. The lowest BCUT2D eigenvalue weighted by Gasteiger charge is -2.21. The topological polar surface area (TPSA) is 89.9 Å². The van der Waals surface area contributed by atoms with Crippen molar-refractivity contribution in [3.05, 3.63) is 36.4 Å². The van der Waals surface area contributed by atoms with Gasteiger partial charge in [-0.2, -0.15) is 0 Å². The Bertz CT molecular complexity index is 482. The minimum absolute atomic E-state index is 0.0533. The molecule has 0 aliphatic carbocycles. The second-order valence-corrected chi connectivity index (χ2v) is 4.09. The monoisotopic (exact) mass is 278 g/mol. The van der Waals surface area contributed by atoms with E-state index < -0.39 is 18.5 Å². The number of carboxylic acids is 1. The minimum atomic E-state index is -1.11. The molecule has 0 unspecified atom stereocenters. The molecule has 0 fully saturated rings. The van der Waals surface area contributed by atoms with Crippen LogP contribution in [0, 0.1) is 0 Å². The number of benzene rings is 1. The molecule has 0 aliphatic heterocycles. The molecule has 0 saturated heterocycles. The summed E-state index contributed by atoms with van der Waals surface area (Å²) in [6, 6.07) is 5.30. The molecule has 20 heavy (non-hydrogen) atoms. The molecule has 0 aromatic heterocycles. The highest BCUT2D eigenvalue weighted by molar-refractivity contribution is 5.96. The van der Waals surface area contributed by atoms with Gasteiger partial charge in [-0.15, -0.1) is 0 Å². The number of nitrogens with one attached hydrogen (secondary N) is 1. The van der Waals surface area contributed by atoms with E-state index in [1.807, 2.05) is 19.1 Å². The average Bonchev–Trinajstić information content (AvgIpc) is 2.42. The van der Waals surface area contributed by atoms with Gasteiger partial charge in [0.1, 0.15) is 12.3 Å². The Morgan fingerprint density at radius 2 is 1.95 bits per heavy atom. The van der Waals surface area contributed by atoms with Gasteiger partial charge in [0.2, 0.25) is 0 Å². The molecule has 1 aromatic carbocycles. The number of aromatic hydroxyl groups is 1. The average molecular weight is 278 g/mol. The fourth-order valence-corrected chi connectivity index (χ4v) is 1.57. The van der Waals surface area contributed by atoms with Crippen LogP contribution in [0.3, 0.4) is 0 Å². The highest BCUT2D eigenvalue weighted by Crippen LogP contribution is 2.18. The lowest BCUT2D eigenvalue weighted by Crippen LogP contribution is -2.43. The van der Waals surface area contributed by atoms with Crippen LogP contribution in [-0.4, -0.2) is 35.3 Å². The molecule has 0 saturated carbocycles. The second-order valence-electron chi connectivity index (χ2n) is 4.09. The predicted octanol–water partition coefficient (Wildman–Crippen LogP) is 1.96. The number of urea groups is 1. The molecule has 0 spiro atoms. The van der Waals surface area contributed by atoms with Crippen LogP contribution in [0.2, 0.25) is 0 Å². The van der Waals surface area contributed by atoms with Crippen LogP contribution in [0.1, 0.15) is 13.3 Å². The molecule has 0 radical (unpaired) electrons. The third-order valence-electron chi connectivity index (χ3n) is 2.52. The van der Waals surface area contributed by atoms with Crippen molar-refractivity contribution in [3.8, 4) is 5.75 Å². The lowest BCUT2D eigenvalue weighted by molar-refractivity contribution is -0.135. The third-order valence-corrected chi connectivity index (χ3v) is 2.52. The summed E-state index contributed by atoms with van der Waals surface area (Å²) < 4.78 is 0. The lowest BCUT2D eigenvalue weighted by atomic mass is 10.2. The van der Waals surface area contributed by atoms with Crippen molar-refractivity contribution in [2.75, 3.05) is 18.0 Å². The molecule has 3 N–H and O–H groups in total. The highest BCUT2D eigenvalue weighted by Gasteiger charge is 2.18. The predicted molar refractivity (Wildman–Crippen MR) is 75.9 cm³/mol. The first-order valence-electron chi connectivity index (χ1n) is 6.22. The maximum atomic E-state index is 12.0. The van der Waals surface area contributed by atoms with Gasteiger partial charge in [-0.3, -0.25) is 9.69 Å². The van der Waals surface area contributed by atoms with E-state index in [1.165, 1.54) is 24.3 Å². The van der Waals surface area contributed by atoms with E-state index >= 15 is 0 Å². The van der Waals surface area contributed by atoms with Crippen LogP contribution in [0.25, 0.3) is 0 Å². The van der Waals surface area contributed by atoms with Gasteiger partial charge in [0.25, 0.3) is 0 Å². The van der Waals surface area contributed by atoms with Gasteiger partial charge in [0.05, 0.1) is 0 Å². The van der Waals surface area contributed by atoms with Gasteiger partial charge in [-0.25, -0.2) is 4.79 Å². The van der Waals surface area contributed by atoms with Gasteiger partial charge in [-0.1, -0.05) is 12.2 Å². The Morgan fingerprint density at radius 3 is 2.50 bits per heavy atom. The Balaban J connectivity index is 2.75. The molecule has 6 nitrogen and oxygen atoms in total. The first-order chi connectivity index (χ1) is 9.54. The summed E-state index contributed by atoms with van der Waals surface area (Å²) in [4.78, 5) is 23.9. The quantitative estimate of drug-likeness (QED) is 0.548. The molecule has 0 aliphatic rings. The van der Waals surface area contributed by atoms with Crippen molar-refractivity contribution < 1.29 is 19.8 Å². The largest absolute Gasteiger partial charge is 0.508 e. The number of rotatable bonds is 6. The van der Waals surface area contributed by atoms with Crippen LogP contribution < -0.4 is 10.2 Å². The molecule has 108 valence electrons. The normalized spacial score (nSPS) is 10.4. The zero-order chi connectivity index (χ0) is 15.0. The van der Waals surface area contributed by atoms with E-state index in [2.05, 4.69) is 5.32 Å². The van der Waals surface area contributed by atoms with E-state index in [4.69, 9.17) is 5.11 Å². The van der Waals surface area contributed by atoms with Gasteiger partial charge in [-0.05, 0) is 37.6 Å². The van der Waals surface area contributed by atoms with Gasteiger partial charge in [0, 0.05) is 12.2 Å². The molecular formula is C14H18N2O4. The van der Waals surface area contributed by atoms with Gasteiger partial charge < -0.3 is 15.5 Å². The summed E-state index contributed by atoms with van der Waals surface area (Å²) >= 11 is 0. The van der Waals surface area contributed by atoms with Gasteiger partial charge >= 0.3 is 12.0 Å². The Morgan fingerprint density at radius 1 is 1.30 bits per heavy atom. The number of allylic oxidation sites excluding steroid dienone is 1. The smallest absolute Gasteiger partial charge is 0.323 e. The number of nitrogens with zero attached hydrogens (tertiary/aromatic N) is 1. The molecule has 0 bridgehead atoms. The molecule has 0 atom stereocenters. The van der Waals surface area contributed by atoms with Crippen molar-refractivity contribution in [3.63, 3.8) is 0 Å². The standard InChI is InChI=1S/C14H18N2O4/c1-2-3-4-9-15-14(20)16(10-13(18)19)11-5-7-12(17)8-6-11/h2-3,5-8,17H,4,9-10H2,1H3,(H,15,20)(H,18,19)/b3-2+. The van der Waals surface area contributed by atoms with Crippen LogP contribution in [0.15, 0.2) is 36.4 Å². The molecule has 1 rings (SSSR count). The Labute approximate surface area is 117 Å². The number of hydrogen-bond donors (Lipinski definition) is 3. The van der Waals surface area contributed by atoms with Crippen molar-refractivity contribution in [1.82, 2.24) is 5.32 Å². The highest BCUT2D eigenvalue weighted by atomic mass is 16.4.